The van der Waals surface area contributed by atoms with E-state index in [1.165, 1.54) is 25.7 Å². The Balaban J connectivity index is 2.04. The van der Waals surface area contributed by atoms with Crippen LogP contribution in [0.1, 0.15) is 51.8 Å². The summed E-state index contributed by atoms with van der Waals surface area (Å²) in [4.78, 5) is 7.02. The van der Waals surface area contributed by atoms with Crippen molar-refractivity contribution < 1.29 is 0 Å². The van der Waals surface area contributed by atoms with E-state index < -0.39 is 0 Å². The van der Waals surface area contributed by atoms with Crippen molar-refractivity contribution >= 4 is 0 Å². The number of likely N-dealkylation sites (N-methyl/N-ethyl adjacent to an activating group) is 1. The highest BCUT2D eigenvalue weighted by atomic mass is 15.2. The number of aromatic nitrogens is 2. The summed E-state index contributed by atoms with van der Waals surface area (Å²) in [5, 5.41) is 0. The quantitative estimate of drug-likeness (QED) is 0.833. The zero-order valence-corrected chi connectivity index (χ0v) is 13.3. The van der Waals surface area contributed by atoms with E-state index >= 15 is 0 Å². The van der Waals surface area contributed by atoms with Crippen LogP contribution in [-0.4, -0.2) is 39.1 Å². The number of nitrogens with two attached hydrogens (primary N) is 1. The van der Waals surface area contributed by atoms with E-state index in [2.05, 4.69) is 35.3 Å². The summed E-state index contributed by atoms with van der Waals surface area (Å²) in [5.74, 6) is 1.15. The maximum absolute atomic E-state index is 6.65. The Morgan fingerprint density at radius 2 is 2.00 bits per heavy atom. The van der Waals surface area contributed by atoms with E-state index in [1.807, 2.05) is 12.4 Å². The fourth-order valence-corrected chi connectivity index (χ4v) is 3.95. The van der Waals surface area contributed by atoms with Crippen LogP contribution in [0.3, 0.4) is 0 Å². The highest BCUT2D eigenvalue weighted by Gasteiger charge is 2.42. The summed E-state index contributed by atoms with van der Waals surface area (Å²) in [6.45, 7) is 6.73. The number of rotatable bonds is 7. The van der Waals surface area contributed by atoms with Crippen LogP contribution in [0.25, 0.3) is 0 Å². The molecule has 0 aromatic carbocycles. The number of hydrogen-bond donors (Lipinski definition) is 1. The molecule has 1 unspecified atom stereocenters. The SMILES string of the molecule is CCN(CC)C1(C(N)CCc2nccn2C)CCCC1. The molecule has 1 aliphatic rings. The van der Waals surface area contributed by atoms with Gasteiger partial charge in [-0.1, -0.05) is 26.7 Å². The van der Waals surface area contributed by atoms with Crippen molar-refractivity contribution in [3.05, 3.63) is 18.2 Å². The summed E-state index contributed by atoms with van der Waals surface area (Å²) >= 11 is 0. The van der Waals surface area contributed by atoms with E-state index in [1.54, 1.807) is 0 Å². The summed E-state index contributed by atoms with van der Waals surface area (Å²) in [6.07, 6.45) is 11.1. The molecule has 0 amide bonds. The second kappa shape index (κ2) is 6.72. The first-order chi connectivity index (χ1) is 9.64. The molecule has 0 radical (unpaired) electrons. The topological polar surface area (TPSA) is 47.1 Å². The first kappa shape index (κ1) is 15.5. The highest BCUT2D eigenvalue weighted by molar-refractivity contribution is 5.03. The van der Waals surface area contributed by atoms with Gasteiger partial charge in [-0.05, 0) is 32.4 Å². The van der Waals surface area contributed by atoms with Gasteiger partial charge in [0.15, 0.2) is 0 Å². The zero-order chi connectivity index (χ0) is 14.6. The van der Waals surface area contributed by atoms with Crippen molar-refractivity contribution in [2.24, 2.45) is 12.8 Å². The summed E-state index contributed by atoms with van der Waals surface area (Å²) in [6, 6.07) is 0.251. The molecule has 1 saturated carbocycles. The third-order valence-electron chi connectivity index (χ3n) is 5.15. The maximum atomic E-state index is 6.65. The molecule has 0 aliphatic heterocycles. The van der Waals surface area contributed by atoms with Gasteiger partial charge in [-0.3, -0.25) is 4.90 Å². The van der Waals surface area contributed by atoms with Crippen molar-refractivity contribution in [3.8, 4) is 0 Å². The fourth-order valence-electron chi connectivity index (χ4n) is 3.95. The van der Waals surface area contributed by atoms with Gasteiger partial charge in [0.05, 0.1) is 0 Å². The molecule has 1 heterocycles. The zero-order valence-electron chi connectivity index (χ0n) is 13.3. The number of aryl methyl sites for hydroxylation is 2. The average Bonchev–Trinajstić information content (AvgIpc) is 3.08. The molecular formula is C16H30N4. The van der Waals surface area contributed by atoms with Crippen LogP contribution in [0, 0.1) is 0 Å². The van der Waals surface area contributed by atoms with Gasteiger partial charge >= 0.3 is 0 Å². The van der Waals surface area contributed by atoms with Crippen LogP contribution in [0.5, 0.6) is 0 Å². The van der Waals surface area contributed by atoms with Gasteiger partial charge < -0.3 is 10.3 Å². The highest BCUT2D eigenvalue weighted by Crippen LogP contribution is 2.38. The second-order valence-electron chi connectivity index (χ2n) is 6.08. The molecule has 1 fully saturated rings. The Hall–Kier alpha value is -0.870. The van der Waals surface area contributed by atoms with Gasteiger partial charge in [-0.2, -0.15) is 0 Å². The molecular weight excluding hydrogens is 248 g/mol. The Bertz CT molecular complexity index is 402. The van der Waals surface area contributed by atoms with Crippen molar-refractivity contribution in [1.82, 2.24) is 14.5 Å². The molecule has 2 rings (SSSR count). The first-order valence-electron chi connectivity index (χ1n) is 8.11. The Morgan fingerprint density at radius 1 is 1.35 bits per heavy atom. The molecule has 114 valence electrons. The minimum Gasteiger partial charge on any atom is -0.338 e. The smallest absolute Gasteiger partial charge is 0.108 e. The third kappa shape index (κ3) is 2.91. The third-order valence-corrected chi connectivity index (χ3v) is 5.15. The molecule has 1 aromatic rings. The van der Waals surface area contributed by atoms with E-state index in [0.29, 0.717) is 0 Å². The molecule has 0 spiro atoms. The maximum Gasteiger partial charge on any atom is 0.108 e. The van der Waals surface area contributed by atoms with E-state index in [0.717, 1.165) is 31.8 Å². The van der Waals surface area contributed by atoms with Gasteiger partial charge in [0, 0.05) is 37.4 Å². The van der Waals surface area contributed by atoms with Crippen molar-refractivity contribution in [2.75, 3.05) is 13.1 Å². The monoisotopic (exact) mass is 278 g/mol. The number of imidazole rings is 1. The van der Waals surface area contributed by atoms with Gasteiger partial charge in [-0.25, -0.2) is 4.98 Å². The van der Waals surface area contributed by atoms with Crippen LogP contribution in [0.2, 0.25) is 0 Å². The van der Waals surface area contributed by atoms with E-state index in [9.17, 15) is 0 Å². The average molecular weight is 278 g/mol. The fraction of sp³-hybridized carbons (Fsp3) is 0.812. The van der Waals surface area contributed by atoms with Gasteiger partial charge in [0.1, 0.15) is 5.82 Å². The number of nitrogens with zero attached hydrogens (tertiary/aromatic N) is 3. The molecule has 0 saturated heterocycles. The standard InChI is InChI=1S/C16H30N4/c1-4-20(5-2)16(10-6-7-11-16)14(17)8-9-15-18-12-13-19(15)3/h12-14H,4-11,17H2,1-3H3. The normalized spacial score (nSPS) is 19.6. The molecule has 20 heavy (non-hydrogen) atoms. The van der Waals surface area contributed by atoms with Crippen molar-refractivity contribution in [2.45, 2.75) is 64.0 Å². The molecule has 1 atom stereocenters. The summed E-state index contributed by atoms with van der Waals surface area (Å²) < 4.78 is 2.10. The molecule has 1 aliphatic carbocycles. The number of hydrogen-bond acceptors (Lipinski definition) is 3. The Labute approximate surface area is 123 Å². The van der Waals surface area contributed by atoms with Crippen LogP contribution in [0.4, 0.5) is 0 Å². The largest absolute Gasteiger partial charge is 0.338 e. The Kier molecular flexibility index (Phi) is 5.22. The van der Waals surface area contributed by atoms with Crippen LogP contribution in [0.15, 0.2) is 12.4 Å². The van der Waals surface area contributed by atoms with Crippen LogP contribution >= 0.6 is 0 Å². The Morgan fingerprint density at radius 3 is 2.50 bits per heavy atom. The lowest BCUT2D eigenvalue weighted by Gasteiger charge is -2.45. The summed E-state index contributed by atoms with van der Waals surface area (Å²) in [5.41, 5.74) is 6.88. The van der Waals surface area contributed by atoms with Crippen molar-refractivity contribution in [1.29, 1.82) is 0 Å². The van der Waals surface area contributed by atoms with E-state index in [-0.39, 0.29) is 11.6 Å². The predicted octanol–water partition coefficient (Wildman–Crippen LogP) is 2.33. The van der Waals surface area contributed by atoms with E-state index in [4.69, 9.17) is 5.73 Å². The predicted molar refractivity (Wildman–Crippen MR) is 83.6 cm³/mol. The molecule has 4 nitrogen and oxygen atoms in total. The van der Waals surface area contributed by atoms with Crippen molar-refractivity contribution in [3.63, 3.8) is 0 Å². The minimum absolute atomic E-state index is 0.231. The lowest BCUT2D eigenvalue weighted by Crippen LogP contribution is -2.58. The molecule has 2 N–H and O–H groups in total. The van der Waals surface area contributed by atoms with Gasteiger partial charge in [0.2, 0.25) is 0 Å². The van der Waals surface area contributed by atoms with Crippen LogP contribution < -0.4 is 5.73 Å². The van der Waals surface area contributed by atoms with Gasteiger partial charge in [-0.15, -0.1) is 0 Å². The summed E-state index contributed by atoms with van der Waals surface area (Å²) in [7, 11) is 2.06. The van der Waals surface area contributed by atoms with Gasteiger partial charge in [0.25, 0.3) is 0 Å². The molecule has 0 bridgehead atoms. The molecule has 1 aromatic heterocycles. The molecule has 4 heteroatoms. The first-order valence-corrected chi connectivity index (χ1v) is 8.11. The lowest BCUT2D eigenvalue weighted by atomic mass is 9.84. The minimum atomic E-state index is 0.231. The van der Waals surface area contributed by atoms with Crippen LogP contribution in [-0.2, 0) is 13.5 Å². The second-order valence-corrected chi connectivity index (χ2v) is 6.08. The lowest BCUT2D eigenvalue weighted by molar-refractivity contribution is 0.0740.